The summed E-state index contributed by atoms with van der Waals surface area (Å²) in [5.41, 5.74) is -0.0330. The average Bonchev–Trinajstić information content (AvgIpc) is 3.12. The molecule has 0 N–H and O–H groups in total. The zero-order chi connectivity index (χ0) is 18.7. The molecule has 1 saturated heterocycles. The topological polar surface area (TPSA) is 68.1 Å². The predicted molar refractivity (Wildman–Crippen MR) is 89.4 cm³/mol. The van der Waals surface area contributed by atoms with Crippen LogP contribution >= 0.6 is 0 Å². The highest BCUT2D eigenvalue weighted by molar-refractivity contribution is 5.92. The van der Waals surface area contributed by atoms with Crippen molar-refractivity contribution in [2.24, 2.45) is 5.92 Å². The van der Waals surface area contributed by atoms with Crippen molar-refractivity contribution in [3.63, 3.8) is 0 Å². The molecule has 0 bridgehead atoms. The van der Waals surface area contributed by atoms with E-state index in [0.717, 1.165) is 12.8 Å². The predicted octanol–water partition coefficient (Wildman–Crippen LogP) is 2.44. The quantitative estimate of drug-likeness (QED) is 0.819. The van der Waals surface area contributed by atoms with Crippen molar-refractivity contribution >= 4 is 11.7 Å². The van der Waals surface area contributed by atoms with E-state index >= 15 is 0 Å². The summed E-state index contributed by atoms with van der Waals surface area (Å²) in [6.45, 7) is 2.59. The van der Waals surface area contributed by atoms with Crippen LogP contribution in [0.3, 0.4) is 0 Å². The van der Waals surface area contributed by atoms with Gasteiger partial charge in [-0.2, -0.15) is 0 Å². The summed E-state index contributed by atoms with van der Waals surface area (Å²) in [7, 11) is 0. The zero-order valence-corrected chi connectivity index (χ0v) is 14.5. The fourth-order valence-corrected chi connectivity index (χ4v) is 3.19. The number of hydrogen-bond acceptors (Lipinski definition) is 4. The van der Waals surface area contributed by atoms with Crippen molar-refractivity contribution in [3.8, 4) is 0 Å². The lowest BCUT2D eigenvalue weighted by Crippen LogP contribution is -2.42. The van der Waals surface area contributed by atoms with E-state index in [-0.39, 0.29) is 35.4 Å². The van der Waals surface area contributed by atoms with Crippen LogP contribution in [-0.4, -0.2) is 44.7 Å². The second-order valence-corrected chi connectivity index (χ2v) is 6.41. The monoisotopic (exact) mass is 362 g/mol. The Balaban J connectivity index is 1.71. The molecule has 1 amide bonds. The Morgan fingerprint density at radius 3 is 2.69 bits per heavy atom. The van der Waals surface area contributed by atoms with E-state index in [2.05, 4.69) is 10.3 Å². The van der Waals surface area contributed by atoms with Crippen molar-refractivity contribution in [1.29, 1.82) is 0 Å². The van der Waals surface area contributed by atoms with Crippen LogP contribution in [0.4, 0.5) is 8.78 Å². The van der Waals surface area contributed by atoms with Crippen LogP contribution in [0.5, 0.6) is 0 Å². The Bertz CT molecular complexity index is 801. The first-order chi connectivity index (χ1) is 12.5. The minimum absolute atomic E-state index is 0.103. The molecule has 0 spiro atoms. The van der Waals surface area contributed by atoms with E-state index in [0.29, 0.717) is 19.5 Å². The number of benzene rings is 1. The molecule has 6 nitrogen and oxygen atoms in total. The molecule has 1 aromatic carbocycles. The van der Waals surface area contributed by atoms with Crippen molar-refractivity contribution in [2.45, 2.75) is 32.7 Å². The number of rotatable bonds is 5. The van der Waals surface area contributed by atoms with Gasteiger partial charge in [0.15, 0.2) is 5.69 Å². The molecule has 1 fully saturated rings. The summed E-state index contributed by atoms with van der Waals surface area (Å²) in [6, 6.07) is 3.62. The van der Waals surface area contributed by atoms with Gasteiger partial charge >= 0.3 is 0 Å². The van der Waals surface area contributed by atoms with Gasteiger partial charge in [-0.3, -0.25) is 9.59 Å². The van der Waals surface area contributed by atoms with Gasteiger partial charge in [-0.15, -0.1) is 5.10 Å². The van der Waals surface area contributed by atoms with Crippen LogP contribution in [-0.2, 0) is 11.3 Å². The van der Waals surface area contributed by atoms with E-state index in [1.807, 2.05) is 6.92 Å². The molecule has 0 saturated carbocycles. The highest BCUT2D eigenvalue weighted by Crippen LogP contribution is 2.20. The Kier molecular flexibility index (Phi) is 5.39. The van der Waals surface area contributed by atoms with E-state index in [1.165, 1.54) is 29.1 Å². The fraction of sp³-hybridized carbons (Fsp3) is 0.444. The number of piperidine rings is 1. The molecule has 26 heavy (non-hydrogen) atoms. The minimum atomic E-state index is -0.676. The molecule has 3 rings (SSSR count). The van der Waals surface area contributed by atoms with E-state index in [9.17, 15) is 18.4 Å². The van der Waals surface area contributed by atoms with Crippen molar-refractivity contribution in [2.75, 3.05) is 13.1 Å². The highest BCUT2D eigenvalue weighted by atomic mass is 19.1. The standard InChI is InChI=1S/C18H20F2N4O2/c1-2-17(25)12-5-4-8-23(9-12)18(26)16-11-24(22-21-16)10-13-14(19)6-3-7-15(13)20/h3,6-7,11-12H,2,4-5,8-10H2,1H3/t12-/m0/s1. The molecule has 2 aromatic rings. The SMILES string of the molecule is CCC(=O)[C@H]1CCCN(C(=O)c2cn(Cc3c(F)cccc3F)nn2)C1. The lowest BCUT2D eigenvalue weighted by atomic mass is 9.92. The summed E-state index contributed by atoms with van der Waals surface area (Å²) in [5.74, 6) is -1.66. The molecular formula is C18H20F2N4O2. The van der Waals surface area contributed by atoms with Crippen LogP contribution in [0.2, 0.25) is 0 Å². The van der Waals surface area contributed by atoms with Crippen LogP contribution in [0.1, 0.15) is 42.2 Å². The van der Waals surface area contributed by atoms with Gasteiger partial charge in [0.2, 0.25) is 0 Å². The third-order valence-corrected chi connectivity index (χ3v) is 4.65. The molecule has 1 atom stereocenters. The minimum Gasteiger partial charge on any atom is -0.336 e. The van der Waals surface area contributed by atoms with Crippen LogP contribution in [0.25, 0.3) is 0 Å². The first kappa shape index (κ1) is 18.2. The van der Waals surface area contributed by atoms with Gasteiger partial charge in [0.05, 0.1) is 12.7 Å². The van der Waals surface area contributed by atoms with Gasteiger partial charge in [-0.05, 0) is 25.0 Å². The normalized spacial score (nSPS) is 17.3. The molecule has 138 valence electrons. The first-order valence-corrected chi connectivity index (χ1v) is 8.64. The summed E-state index contributed by atoms with van der Waals surface area (Å²) in [4.78, 5) is 26.1. The van der Waals surface area contributed by atoms with E-state index < -0.39 is 11.6 Å². The lowest BCUT2D eigenvalue weighted by molar-refractivity contribution is -0.123. The maximum atomic E-state index is 13.7. The molecule has 0 aliphatic carbocycles. The number of hydrogen-bond donors (Lipinski definition) is 0. The van der Waals surface area contributed by atoms with Crippen molar-refractivity contribution in [1.82, 2.24) is 19.9 Å². The van der Waals surface area contributed by atoms with Crippen molar-refractivity contribution in [3.05, 3.63) is 47.3 Å². The number of aromatic nitrogens is 3. The molecule has 1 aliphatic heterocycles. The highest BCUT2D eigenvalue weighted by Gasteiger charge is 2.29. The van der Waals surface area contributed by atoms with Gasteiger partial charge in [-0.1, -0.05) is 18.2 Å². The van der Waals surface area contributed by atoms with Gasteiger partial charge in [0, 0.05) is 31.0 Å². The van der Waals surface area contributed by atoms with E-state index in [1.54, 1.807) is 4.90 Å². The zero-order valence-electron chi connectivity index (χ0n) is 14.5. The summed E-state index contributed by atoms with van der Waals surface area (Å²) < 4.78 is 28.7. The van der Waals surface area contributed by atoms with E-state index in [4.69, 9.17) is 0 Å². The maximum Gasteiger partial charge on any atom is 0.276 e. The number of ketones is 1. The third kappa shape index (κ3) is 3.79. The van der Waals surface area contributed by atoms with Gasteiger partial charge in [0.25, 0.3) is 5.91 Å². The number of amides is 1. The molecule has 1 aromatic heterocycles. The summed E-state index contributed by atoms with van der Waals surface area (Å²) in [6.07, 6.45) is 3.38. The smallest absolute Gasteiger partial charge is 0.276 e. The number of nitrogens with zero attached hydrogens (tertiary/aromatic N) is 4. The van der Waals surface area contributed by atoms with Crippen LogP contribution in [0.15, 0.2) is 24.4 Å². The number of halogens is 2. The number of likely N-dealkylation sites (tertiary alicyclic amines) is 1. The average molecular weight is 362 g/mol. The Hall–Kier alpha value is -2.64. The van der Waals surface area contributed by atoms with Crippen molar-refractivity contribution < 1.29 is 18.4 Å². The Labute approximate surface area is 149 Å². The first-order valence-electron chi connectivity index (χ1n) is 8.64. The second kappa shape index (κ2) is 7.72. The summed E-state index contributed by atoms with van der Waals surface area (Å²) >= 11 is 0. The third-order valence-electron chi connectivity index (χ3n) is 4.65. The summed E-state index contributed by atoms with van der Waals surface area (Å²) in [5, 5.41) is 7.63. The fourth-order valence-electron chi connectivity index (χ4n) is 3.19. The lowest BCUT2D eigenvalue weighted by Gasteiger charge is -2.31. The number of carbonyl (C=O) groups excluding carboxylic acids is 2. The van der Waals surface area contributed by atoms with Gasteiger partial charge in [0.1, 0.15) is 17.4 Å². The largest absolute Gasteiger partial charge is 0.336 e. The molecule has 0 radical (unpaired) electrons. The Morgan fingerprint density at radius 1 is 1.27 bits per heavy atom. The molecular weight excluding hydrogens is 342 g/mol. The van der Waals surface area contributed by atoms with Gasteiger partial charge < -0.3 is 4.90 Å². The van der Waals surface area contributed by atoms with Gasteiger partial charge in [-0.25, -0.2) is 13.5 Å². The van der Waals surface area contributed by atoms with Crippen LogP contribution in [0, 0.1) is 17.6 Å². The molecule has 2 heterocycles. The number of Topliss-reactive ketones (excluding diaryl/α,β-unsaturated/α-hetero) is 1. The molecule has 0 unspecified atom stereocenters. The molecule has 8 heteroatoms. The van der Waals surface area contributed by atoms with Crippen LogP contribution < -0.4 is 0 Å². The Morgan fingerprint density at radius 2 is 2.00 bits per heavy atom. The second-order valence-electron chi connectivity index (χ2n) is 6.41. The maximum absolute atomic E-state index is 13.7. The number of carbonyl (C=O) groups is 2. The molecule has 1 aliphatic rings.